The van der Waals surface area contributed by atoms with Crippen molar-refractivity contribution in [1.29, 1.82) is 0 Å². The van der Waals surface area contributed by atoms with Crippen molar-refractivity contribution in [3.8, 4) is 11.5 Å². The molecule has 2 rings (SSSR count). The third-order valence-corrected chi connectivity index (χ3v) is 3.67. The van der Waals surface area contributed by atoms with Crippen LogP contribution in [0.25, 0.3) is 0 Å². The highest BCUT2D eigenvalue weighted by molar-refractivity contribution is 5.68. The van der Waals surface area contributed by atoms with E-state index in [9.17, 15) is 9.90 Å². The van der Waals surface area contributed by atoms with Crippen molar-refractivity contribution in [2.45, 2.75) is 25.5 Å². The Kier molecular flexibility index (Phi) is 5.41. The lowest BCUT2D eigenvalue weighted by molar-refractivity contribution is -0.145. The van der Waals surface area contributed by atoms with Crippen LogP contribution >= 0.6 is 0 Å². The van der Waals surface area contributed by atoms with E-state index in [1.807, 2.05) is 12.1 Å². The molecule has 1 saturated heterocycles. The van der Waals surface area contributed by atoms with Crippen LogP contribution in [0.3, 0.4) is 0 Å². The van der Waals surface area contributed by atoms with E-state index < -0.39 is 5.97 Å². The van der Waals surface area contributed by atoms with Gasteiger partial charge in [-0.3, -0.25) is 4.90 Å². The number of carboxylic acid groups (broad SMARTS) is 1. The first-order chi connectivity index (χ1) is 10.1. The molecule has 1 fully saturated rings. The van der Waals surface area contributed by atoms with Crippen molar-refractivity contribution in [1.82, 2.24) is 4.90 Å². The van der Waals surface area contributed by atoms with Gasteiger partial charge in [0.2, 0.25) is 0 Å². The van der Waals surface area contributed by atoms with E-state index in [1.54, 1.807) is 6.07 Å². The van der Waals surface area contributed by atoms with Gasteiger partial charge in [-0.15, -0.1) is 0 Å². The van der Waals surface area contributed by atoms with Crippen molar-refractivity contribution < 1.29 is 24.5 Å². The summed E-state index contributed by atoms with van der Waals surface area (Å²) in [4.78, 5) is 12.7. The van der Waals surface area contributed by atoms with Crippen LogP contribution in [0.1, 0.15) is 18.4 Å². The van der Waals surface area contributed by atoms with Gasteiger partial charge in [-0.25, -0.2) is 4.79 Å². The summed E-state index contributed by atoms with van der Waals surface area (Å²) in [6, 6.07) is 5.46. The SMILES string of the molecule is COc1cccc(CN2CCC(OCC(=O)O)CC2)c1O. The van der Waals surface area contributed by atoms with Crippen molar-refractivity contribution >= 4 is 5.97 Å². The normalized spacial score (nSPS) is 16.8. The monoisotopic (exact) mass is 295 g/mol. The van der Waals surface area contributed by atoms with Gasteiger partial charge in [0.05, 0.1) is 13.2 Å². The number of likely N-dealkylation sites (tertiary alicyclic amines) is 1. The molecule has 21 heavy (non-hydrogen) atoms. The summed E-state index contributed by atoms with van der Waals surface area (Å²) < 4.78 is 10.4. The Morgan fingerprint density at radius 3 is 2.71 bits per heavy atom. The fourth-order valence-corrected chi connectivity index (χ4v) is 2.52. The molecular weight excluding hydrogens is 274 g/mol. The number of hydrogen-bond donors (Lipinski definition) is 2. The molecule has 0 aliphatic carbocycles. The number of methoxy groups -OCH3 is 1. The van der Waals surface area contributed by atoms with Crippen LogP contribution in [0.2, 0.25) is 0 Å². The number of carbonyl (C=O) groups is 1. The van der Waals surface area contributed by atoms with Gasteiger partial charge in [-0.1, -0.05) is 12.1 Å². The first-order valence-corrected chi connectivity index (χ1v) is 7.00. The number of hydrogen-bond acceptors (Lipinski definition) is 5. The predicted molar refractivity (Wildman–Crippen MR) is 76.5 cm³/mol. The van der Waals surface area contributed by atoms with Crippen molar-refractivity contribution in [2.24, 2.45) is 0 Å². The van der Waals surface area contributed by atoms with Gasteiger partial charge in [0.15, 0.2) is 11.5 Å². The zero-order valence-corrected chi connectivity index (χ0v) is 12.1. The lowest BCUT2D eigenvalue weighted by Gasteiger charge is -2.31. The Labute approximate surface area is 123 Å². The Bertz CT molecular complexity index is 483. The van der Waals surface area contributed by atoms with Gasteiger partial charge >= 0.3 is 5.97 Å². The number of aliphatic carboxylic acids is 1. The smallest absolute Gasteiger partial charge is 0.329 e. The van der Waals surface area contributed by atoms with Crippen molar-refractivity contribution in [3.05, 3.63) is 23.8 Å². The van der Waals surface area contributed by atoms with Gasteiger partial charge in [-0.2, -0.15) is 0 Å². The van der Waals surface area contributed by atoms with Crippen LogP contribution in [0, 0.1) is 0 Å². The Morgan fingerprint density at radius 2 is 2.10 bits per heavy atom. The third-order valence-electron chi connectivity index (χ3n) is 3.67. The predicted octanol–water partition coefficient (Wildman–Crippen LogP) is 1.47. The van der Waals surface area contributed by atoms with E-state index in [0.29, 0.717) is 12.3 Å². The van der Waals surface area contributed by atoms with Gasteiger partial charge in [-0.05, 0) is 18.9 Å². The molecular formula is C15H21NO5. The number of phenolic OH excluding ortho intramolecular Hbond substituents is 1. The van der Waals surface area contributed by atoms with E-state index in [4.69, 9.17) is 14.6 Å². The molecule has 0 saturated carbocycles. The van der Waals surface area contributed by atoms with Gasteiger partial charge in [0.25, 0.3) is 0 Å². The summed E-state index contributed by atoms with van der Waals surface area (Å²) in [6.07, 6.45) is 1.62. The topological polar surface area (TPSA) is 79.2 Å². The zero-order chi connectivity index (χ0) is 15.2. The van der Waals surface area contributed by atoms with E-state index in [0.717, 1.165) is 31.5 Å². The summed E-state index contributed by atoms with van der Waals surface area (Å²) >= 11 is 0. The molecule has 0 atom stereocenters. The highest BCUT2D eigenvalue weighted by Crippen LogP contribution is 2.30. The molecule has 1 aromatic carbocycles. The number of phenols is 1. The van der Waals surface area contributed by atoms with E-state index >= 15 is 0 Å². The molecule has 0 radical (unpaired) electrons. The summed E-state index contributed by atoms with van der Waals surface area (Å²) in [6.45, 7) is 2.05. The largest absolute Gasteiger partial charge is 0.504 e. The maximum atomic E-state index is 10.5. The second-order valence-electron chi connectivity index (χ2n) is 5.15. The Balaban J connectivity index is 1.85. The van der Waals surface area contributed by atoms with Crippen LogP contribution in [-0.2, 0) is 16.1 Å². The second-order valence-corrected chi connectivity index (χ2v) is 5.15. The number of aromatic hydroxyl groups is 1. The minimum Gasteiger partial charge on any atom is -0.504 e. The van der Waals surface area contributed by atoms with Gasteiger partial charge < -0.3 is 19.7 Å². The number of carboxylic acids is 1. The minimum absolute atomic E-state index is 0.0104. The fraction of sp³-hybridized carbons (Fsp3) is 0.533. The van der Waals surface area contributed by atoms with E-state index in [2.05, 4.69) is 4.90 Å². The van der Waals surface area contributed by atoms with E-state index in [-0.39, 0.29) is 18.5 Å². The molecule has 0 unspecified atom stereocenters. The second kappa shape index (κ2) is 7.28. The number of ether oxygens (including phenoxy) is 2. The van der Waals surface area contributed by atoms with Crippen LogP contribution < -0.4 is 4.74 Å². The summed E-state index contributed by atoms with van der Waals surface area (Å²) in [5.74, 6) is -0.268. The molecule has 116 valence electrons. The molecule has 0 bridgehead atoms. The molecule has 1 aliphatic rings. The van der Waals surface area contributed by atoms with Crippen molar-refractivity contribution in [2.75, 3.05) is 26.8 Å². The van der Waals surface area contributed by atoms with Crippen molar-refractivity contribution in [3.63, 3.8) is 0 Å². The van der Waals surface area contributed by atoms with Crippen LogP contribution in [0.5, 0.6) is 11.5 Å². The quantitative estimate of drug-likeness (QED) is 0.827. The average molecular weight is 295 g/mol. The number of benzene rings is 1. The number of nitrogens with zero attached hydrogens (tertiary/aromatic N) is 1. The zero-order valence-electron chi connectivity index (χ0n) is 12.1. The molecule has 2 N–H and O–H groups in total. The maximum Gasteiger partial charge on any atom is 0.329 e. The van der Waals surface area contributed by atoms with E-state index in [1.165, 1.54) is 7.11 Å². The standard InChI is InChI=1S/C15H21NO5/c1-20-13-4-2-3-11(15(13)19)9-16-7-5-12(6-8-16)21-10-14(17)18/h2-4,12,19H,5-10H2,1H3,(H,17,18). The number of para-hydroxylation sites is 1. The average Bonchev–Trinajstić information content (AvgIpc) is 2.48. The molecule has 6 heteroatoms. The fourth-order valence-electron chi connectivity index (χ4n) is 2.52. The summed E-state index contributed by atoms with van der Waals surface area (Å²) in [5, 5.41) is 18.7. The van der Waals surface area contributed by atoms with Crippen LogP contribution in [-0.4, -0.2) is 54.0 Å². The third kappa shape index (κ3) is 4.34. The Hall–Kier alpha value is -1.79. The molecule has 0 amide bonds. The number of piperidine rings is 1. The molecule has 1 heterocycles. The molecule has 6 nitrogen and oxygen atoms in total. The summed E-state index contributed by atoms with van der Waals surface area (Å²) in [5.41, 5.74) is 0.833. The molecule has 1 aromatic rings. The molecule has 1 aliphatic heterocycles. The molecule has 0 aromatic heterocycles. The number of rotatable bonds is 6. The highest BCUT2D eigenvalue weighted by atomic mass is 16.5. The van der Waals surface area contributed by atoms with Crippen LogP contribution in [0.15, 0.2) is 18.2 Å². The first kappa shape index (κ1) is 15.6. The summed E-state index contributed by atoms with van der Waals surface area (Å²) in [7, 11) is 1.53. The van der Waals surface area contributed by atoms with Gasteiger partial charge in [0, 0.05) is 25.2 Å². The maximum absolute atomic E-state index is 10.5. The lowest BCUT2D eigenvalue weighted by Crippen LogP contribution is -2.37. The minimum atomic E-state index is -0.932. The lowest BCUT2D eigenvalue weighted by atomic mass is 10.1. The molecule has 0 spiro atoms. The first-order valence-electron chi connectivity index (χ1n) is 7.00. The van der Waals surface area contributed by atoms with Crippen LogP contribution in [0.4, 0.5) is 0 Å². The van der Waals surface area contributed by atoms with Gasteiger partial charge in [0.1, 0.15) is 6.61 Å². The Morgan fingerprint density at radius 1 is 1.38 bits per heavy atom. The highest BCUT2D eigenvalue weighted by Gasteiger charge is 2.21.